The molecule has 0 fully saturated rings. The molecule has 1 amide bonds. The quantitative estimate of drug-likeness (QED) is 0.638. The fourth-order valence-electron chi connectivity index (χ4n) is 0.523. The largest absolute Gasteiger partial charge is 0.353 e. The molecule has 0 aliphatic rings. The molecule has 0 unspecified atom stereocenters. The Bertz CT molecular complexity index is 110. The summed E-state index contributed by atoms with van der Waals surface area (Å²) in [6, 6.07) is 0.299. The van der Waals surface area contributed by atoms with E-state index in [2.05, 4.69) is 19.2 Å². The number of amides is 1. The summed E-state index contributed by atoms with van der Waals surface area (Å²) >= 11 is 0. The summed E-state index contributed by atoms with van der Waals surface area (Å²) in [7, 11) is 0. The first-order chi connectivity index (χ1) is 4.57. The van der Waals surface area contributed by atoms with Crippen LogP contribution in [0.3, 0.4) is 0 Å². The van der Waals surface area contributed by atoms with Crippen LogP contribution in [0.2, 0.25) is 0 Å². The molecule has 1 N–H and O–H groups in total. The van der Waals surface area contributed by atoms with Gasteiger partial charge >= 0.3 is 0 Å². The van der Waals surface area contributed by atoms with Crippen molar-refractivity contribution in [2.45, 2.75) is 40.2 Å². The topological polar surface area (TPSA) is 29.1 Å². The molecular weight excluding hydrogens is 126 g/mol. The Balaban J connectivity index is 3.57. The lowest BCUT2D eigenvalue weighted by Gasteiger charge is -2.16. The van der Waals surface area contributed by atoms with Crippen molar-refractivity contribution >= 4 is 5.91 Å². The zero-order chi connectivity index (χ0) is 8.15. The number of carbonyl (C=O) groups is 1. The second-order valence-corrected chi connectivity index (χ2v) is 2.95. The number of hydrogen-bond acceptors (Lipinski definition) is 1. The van der Waals surface area contributed by atoms with Gasteiger partial charge in [0.2, 0.25) is 5.91 Å². The summed E-state index contributed by atoms with van der Waals surface area (Å²) < 4.78 is 0. The maximum atomic E-state index is 10.8. The molecule has 0 spiro atoms. The lowest BCUT2D eigenvalue weighted by Crippen LogP contribution is -2.35. The number of hydrogen-bond donors (Lipinski definition) is 1. The SMILES string of the molecule is CCC(=O)N[C@H](C)C(C)C. The summed E-state index contributed by atoms with van der Waals surface area (Å²) in [5.41, 5.74) is 0. The van der Waals surface area contributed by atoms with Crippen LogP contribution in [0.1, 0.15) is 34.1 Å². The molecule has 0 saturated heterocycles. The molecule has 0 aliphatic heterocycles. The Morgan fingerprint density at radius 3 is 2.20 bits per heavy atom. The van der Waals surface area contributed by atoms with Crippen molar-refractivity contribution in [2.24, 2.45) is 5.92 Å². The van der Waals surface area contributed by atoms with Crippen molar-refractivity contribution < 1.29 is 4.79 Å². The van der Waals surface area contributed by atoms with E-state index < -0.39 is 0 Å². The molecule has 0 aliphatic carbocycles. The molecule has 0 aromatic heterocycles. The lowest BCUT2D eigenvalue weighted by molar-refractivity contribution is -0.121. The van der Waals surface area contributed by atoms with E-state index in [1.807, 2.05) is 13.8 Å². The van der Waals surface area contributed by atoms with Gasteiger partial charge in [-0.25, -0.2) is 0 Å². The maximum Gasteiger partial charge on any atom is 0.219 e. The third-order valence-corrected chi connectivity index (χ3v) is 1.71. The van der Waals surface area contributed by atoms with Crippen LogP contribution in [-0.2, 0) is 4.79 Å². The molecule has 2 nitrogen and oxygen atoms in total. The van der Waals surface area contributed by atoms with E-state index in [0.717, 1.165) is 0 Å². The van der Waals surface area contributed by atoms with Crippen molar-refractivity contribution in [3.8, 4) is 0 Å². The first kappa shape index (κ1) is 9.47. The Morgan fingerprint density at radius 2 is 1.90 bits per heavy atom. The predicted molar refractivity (Wildman–Crippen MR) is 42.7 cm³/mol. The third-order valence-electron chi connectivity index (χ3n) is 1.71. The van der Waals surface area contributed by atoms with E-state index in [4.69, 9.17) is 0 Å². The van der Waals surface area contributed by atoms with Gasteiger partial charge in [-0.1, -0.05) is 20.8 Å². The van der Waals surface area contributed by atoms with Crippen LogP contribution in [0.15, 0.2) is 0 Å². The summed E-state index contributed by atoms with van der Waals surface area (Å²) in [5.74, 6) is 0.664. The Kier molecular flexibility index (Phi) is 4.08. The van der Waals surface area contributed by atoms with Gasteiger partial charge in [0, 0.05) is 12.5 Å². The Hall–Kier alpha value is -0.530. The third kappa shape index (κ3) is 3.49. The van der Waals surface area contributed by atoms with E-state index in [0.29, 0.717) is 18.4 Å². The standard InChI is InChI=1S/C8H17NO/c1-5-8(10)9-7(4)6(2)3/h6-7H,5H2,1-4H3,(H,9,10)/t7-/m1/s1. The fourth-order valence-corrected chi connectivity index (χ4v) is 0.523. The van der Waals surface area contributed by atoms with Crippen LogP contribution in [0.4, 0.5) is 0 Å². The second kappa shape index (κ2) is 4.31. The van der Waals surface area contributed by atoms with Crippen LogP contribution >= 0.6 is 0 Å². The monoisotopic (exact) mass is 143 g/mol. The van der Waals surface area contributed by atoms with Crippen LogP contribution in [-0.4, -0.2) is 11.9 Å². The van der Waals surface area contributed by atoms with E-state index in [9.17, 15) is 4.79 Å². The Morgan fingerprint density at radius 1 is 1.40 bits per heavy atom. The van der Waals surface area contributed by atoms with E-state index in [1.165, 1.54) is 0 Å². The van der Waals surface area contributed by atoms with Crippen molar-refractivity contribution in [2.75, 3.05) is 0 Å². The van der Waals surface area contributed by atoms with Crippen LogP contribution in [0.25, 0.3) is 0 Å². The molecule has 0 aromatic rings. The molecule has 0 bridgehead atoms. The molecule has 0 radical (unpaired) electrons. The molecule has 0 heterocycles. The summed E-state index contributed by atoms with van der Waals surface area (Å²) in [6.07, 6.45) is 0.580. The molecular formula is C8H17NO. The molecule has 10 heavy (non-hydrogen) atoms. The lowest BCUT2D eigenvalue weighted by atomic mass is 10.1. The van der Waals surface area contributed by atoms with E-state index >= 15 is 0 Å². The molecule has 1 atom stereocenters. The Labute approximate surface area is 63.0 Å². The fraction of sp³-hybridized carbons (Fsp3) is 0.875. The minimum atomic E-state index is 0.140. The predicted octanol–water partition coefficient (Wildman–Crippen LogP) is 1.56. The van der Waals surface area contributed by atoms with Crippen LogP contribution in [0.5, 0.6) is 0 Å². The highest BCUT2D eigenvalue weighted by Crippen LogP contribution is 1.99. The molecule has 60 valence electrons. The average Bonchev–Trinajstić information content (AvgIpc) is 1.87. The normalized spacial score (nSPS) is 13.3. The van der Waals surface area contributed by atoms with Gasteiger partial charge < -0.3 is 5.32 Å². The summed E-state index contributed by atoms with van der Waals surface area (Å²) in [6.45, 7) is 8.09. The van der Waals surface area contributed by atoms with Gasteiger partial charge in [-0.3, -0.25) is 4.79 Å². The molecule has 2 heteroatoms. The minimum absolute atomic E-state index is 0.140. The summed E-state index contributed by atoms with van der Waals surface area (Å²) in [4.78, 5) is 10.8. The number of carbonyl (C=O) groups excluding carboxylic acids is 1. The highest BCUT2D eigenvalue weighted by molar-refractivity contribution is 5.75. The highest BCUT2D eigenvalue weighted by Gasteiger charge is 2.07. The number of nitrogens with one attached hydrogen (secondary N) is 1. The molecule has 0 aromatic carbocycles. The van der Waals surface area contributed by atoms with Gasteiger partial charge in [0.05, 0.1) is 0 Å². The second-order valence-electron chi connectivity index (χ2n) is 2.95. The highest BCUT2D eigenvalue weighted by atomic mass is 16.1. The maximum absolute atomic E-state index is 10.8. The number of rotatable bonds is 3. The van der Waals surface area contributed by atoms with Crippen molar-refractivity contribution in [1.82, 2.24) is 5.32 Å². The van der Waals surface area contributed by atoms with Crippen molar-refractivity contribution in [3.05, 3.63) is 0 Å². The average molecular weight is 143 g/mol. The van der Waals surface area contributed by atoms with Gasteiger partial charge in [0.15, 0.2) is 0 Å². The first-order valence-electron chi connectivity index (χ1n) is 3.87. The first-order valence-corrected chi connectivity index (χ1v) is 3.87. The zero-order valence-corrected chi connectivity index (χ0v) is 7.27. The summed E-state index contributed by atoms with van der Waals surface area (Å²) in [5, 5.41) is 2.89. The van der Waals surface area contributed by atoms with E-state index in [-0.39, 0.29) is 5.91 Å². The van der Waals surface area contributed by atoms with Crippen molar-refractivity contribution in [3.63, 3.8) is 0 Å². The van der Waals surface area contributed by atoms with E-state index in [1.54, 1.807) is 0 Å². The minimum Gasteiger partial charge on any atom is -0.353 e. The molecule has 0 saturated carbocycles. The van der Waals surface area contributed by atoms with Gasteiger partial charge in [-0.15, -0.1) is 0 Å². The zero-order valence-electron chi connectivity index (χ0n) is 7.27. The van der Waals surface area contributed by atoms with Gasteiger partial charge in [-0.05, 0) is 12.8 Å². The smallest absolute Gasteiger partial charge is 0.219 e. The van der Waals surface area contributed by atoms with Crippen molar-refractivity contribution in [1.29, 1.82) is 0 Å². The van der Waals surface area contributed by atoms with Gasteiger partial charge in [0.1, 0.15) is 0 Å². The van der Waals surface area contributed by atoms with Gasteiger partial charge in [-0.2, -0.15) is 0 Å². The molecule has 0 rings (SSSR count). The van der Waals surface area contributed by atoms with Gasteiger partial charge in [0.25, 0.3) is 0 Å². The van der Waals surface area contributed by atoms with Crippen LogP contribution < -0.4 is 5.32 Å². The van der Waals surface area contributed by atoms with Crippen LogP contribution in [0, 0.1) is 5.92 Å².